The number of hydrogen-bond donors (Lipinski definition) is 0. The van der Waals surface area contributed by atoms with Crippen molar-refractivity contribution in [3.8, 4) is 89.3 Å². The van der Waals surface area contributed by atoms with Crippen molar-refractivity contribution in [2.24, 2.45) is 0 Å². The first-order valence-corrected chi connectivity index (χ1v) is 25.5. The Morgan fingerprint density at radius 1 is 0.189 bits per heavy atom. The van der Waals surface area contributed by atoms with Crippen LogP contribution in [0.2, 0.25) is 0 Å². The molecule has 0 spiro atoms. The Hall–Kier alpha value is -9.76. The fourth-order valence-corrected chi connectivity index (χ4v) is 11.5. The molecule has 74 heavy (non-hydrogen) atoms. The Bertz CT molecular complexity index is 4290. The Morgan fingerprint density at radius 3 is 0.878 bits per heavy atom. The van der Waals surface area contributed by atoms with E-state index in [1.54, 1.807) is 0 Å². The van der Waals surface area contributed by atoms with Gasteiger partial charge in [-0.05, 0) is 121 Å². The summed E-state index contributed by atoms with van der Waals surface area (Å²) in [5, 5.41) is 4.87. The van der Waals surface area contributed by atoms with Crippen LogP contribution in [0.15, 0.2) is 291 Å². The van der Waals surface area contributed by atoms with Crippen LogP contribution >= 0.6 is 0 Å². The highest BCUT2D eigenvalue weighted by Gasteiger charge is 2.24. The molecule has 0 aliphatic heterocycles. The lowest BCUT2D eigenvalue weighted by molar-refractivity contribution is 1.18. The summed E-state index contributed by atoms with van der Waals surface area (Å²) < 4.78 is 5.01. The molecular formula is C72H48N2. The number of para-hydroxylation sites is 1. The van der Waals surface area contributed by atoms with E-state index in [1.165, 1.54) is 105 Å². The summed E-state index contributed by atoms with van der Waals surface area (Å²) >= 11 is 0. The molecule has 14 rings (SSSR count). The van der Waals surface area contributed by atoms with Crippen LogP contribution in [-0.4, -0.2) is 9.13 Å². The Balaban J connectivity index is 1.08. The third kappa shape index (κ3) is 7.35. The minimum absolute atomic E-state index is 1.11. The van der Waals surface area contributed by atoms with E-state index in [0.29, 0.717) is 0 Å². The molecule has 0 amide bonds. The molecule has 0 saturated heterocycles. The first-order valence-electron chi connectivity index (χ1n) is 25.5. The second-order valence-corrected chi connectivity index (χ2v) is 19.2. The van der Waals surface area contributed by atoms with E-state index in [-0.39, 0.29) is 0 Å². The summed E-state index contributed by atoms with van der Waals surface area (Å²) in [6.45, 7) is 0. The predicted octanol–water partition coefficient (Wildman–Crippen LogP) is 19.5. The minimum atomic E-state index is 1.11. The van der Waals surface area contributed by atoms with Crippen molar-refractivity contribution in [2.45, 2.75) is 0 Å². The molecule has 0 atom stereocenters. The van der Waals surface area contributed by atoms with Gasteiger partial charge >= 0.3 is 0 Å². The van der Waals surface area contributed by atoms with Crippen LogP contribution < -0.4 is 0 Å². The van der Waals surface area contributed by atoms with Crippen LogP contribution in [0.3, 0.4) is 0 Å². The average molecular weight is 941 g/mol. The molecule has 2 heteroatoms. The quantitative estimate of drug-likeness (QED) is 0.136. The van der Waals surface area contributed by atoms with Gasteiger partial charge in [-0.3, -0.25) is 0 Å². The lowest BCUT2D eigenvalue weighted by Gasteiger charge is -2.16. The van der Waals surface area contributed by atoms with Crippen molar-refractivity contribution in [3.63, 3.8) is 0 Å². The van der Waals surface area contributed by atoms with Crippen LogP contribution in [0.5, 0.6) is 0 Å². The molecule has 0 radical (unpaired) electrons. The van der Waals surface area contributed by atoms with Crippen molar-refractivity contribution < 1.29 is 0 Å². The van der Waals surface area contributed by atoms with Crippen molar-refractivity contribution >= 4 is 43.6 Å². The van der Waals surface area contributed by atoms with E-state index in [4.69, 9.17) is 0 Å². The molecule has 0 aliphatic rings. The number of hydrogen-bond acceptors (Lipinski definition) is 0. The number of fused-ring (bicyclic) bond motifs is 6. The topological polar surface area (TPSA) is 9.86 Å². The molecule has 12 aromatic carbocycles. The highest BCUT2D eigenvalue weighted by atomic mass is 15.0. The molecule has 0 aliphatic carbocycles. The van der Waals surface area contributed by atoms with Crippen LogP contribution in [-0.2, 0) is 0 Å². The normalized spacial score (nSPS) is 11.5. The van der Waals surface area contributed by atoms with Crippen molar-refractivity contribution in [1.82, 2.24) is 9.13 Å². The van der Waals surface area contributed by atoms with Crippen molar-refractivity contribution in [3.05, 3.63) is 291 Å². The lowest BCUT2D eigenvalue weighted by atomic mass is 9.92. The predicted molar refractivity (Wildman–Crippen MR) is 313 cm³/mol. The Morgan fingerprint density at radius 2 is 0.500 bits per heavy atom. The Labute approximate surface area is 431 Å². The van der Waals surface area contributed by atoms with E-state index < -0.39 is 0 Å². The monoisotopic (exact) mass is 940 g/mol. The average Bonchev–Trinajstić information content (AvgIpc) is 4.05. The number of rotatable bonds is 9. The van der Waals surface area contributed by atoms with Gasteiger partial charge in [0.25, 0.3) is 0 Å². The van der Waals surface area contributed by atoms with Gasteiger partial charge in [-0.15, -0.1) is 0 Å². The van der Waals surface area contributed by atoms with Crippen LogP contribution in [0.25, 0.3) is 133 Å². The fourth-order valence-electron chi connectivity index (χ4n) is 11.5. The van der Waals surface area contributed by atoms with Gasteiger partial charge in [0.2, 0.25) is 0 Å². The van der Waals surface area contributed by atoms with E-state index >= 15 is 0 Å². The third-order valence-electron chi connectivity index (χ3n) is 14.9. The highest BCUT2D eigenvalue weighted by Crippen LogP contribution is 2.48. The van der Waals surface area contributed by atoms with Gasteiger partial charge in [-0.25, -0.2) is 0 Å². The van der Waals surface area contributed by atoms with Crippen LogP contribution in [0.1, 0.15) is 0 Å². The largest absolute Gasteiger partial charge is 0.309 e. The standard InChI is InChI=1S/C72H48N2/c1-8-22-49(23-9-1)57-44-58(50-24-10-2-11-25-50)46-60(45-57)74-68-43-37-56(48-66(68)70-62(52-28-14-4-15-29-52)39-41-64(72(70)74)54-32-18-6-19-33-54)55-36-42-67-65(47-55)69-61(51-26-12-3-13-27-51)38-40-63(53-30-16-5-17-31-53)71(69)73(67)59-34-20-7-21-35-59/h1-48H. The molecule has 2 heterocycles. The molecule has 14 aromatic rings. The van der Waals surface area contributed by atoms with E-state index in [0.717, 1.165) is 28.0 Å². The summed E-state index contributed by atoms with van der Waals surface area (Å²) in [7, 11) is 0. The molecule has 0 fully saturated rings. The van der Waals surface area contributed by atoms with E-state index in [9.17, 15) is 0 Å². The summed E-state index contributed by atoms with van der Waals surface area (Å²) in [4.78, 5) is 0. The second-order valence-electron chi connectivity index (χ2n) is 19.2. The first kappa shape index (κ1) is 43.1. The van der Waals surface area contributed by atoms with Gasteiger partial charge in [0, 0.05) is 44.0 Å². The summed E-state index contributed by atoms with van der Waals surface area (Å²) in [6, 6.07) is 107. The second kappa shape index (κ2) is 18.1. The maximum Gasteiger partial charge on any atom is 0.0625 e. The van der Waals surface area contributed by atoms with E-state index in [1.807, 2.05) is 0 Å². The molecule has 346 valence electrons. The Kier molecular flexibility index (Phi) is 10.6. The maximum absolute atomic E-state index is 2.54. The number of nitrogens with zero attached hydrogens (tertiary/aromatic N) is 2. The van der Waals surface area contributed by atoms with Crippen LogP contribution in [0.4, 0.5) is 0 Å². The zero-order valence-electron chi connectivity index (χ0n) is 40.6. The molecule has 2 nitrogen and oxygen atoms in total. The minimum Gasteiger partial charge on any atom is -0.309 e. The van der Waals surface area contributed by atoms with Crippen LogP contribution in [0, 0.1) is 0 Å². The zero-order chi connectivity index (χ0) is 49.0. The van der Waals surface area contributed by atoms with E-state index in [2.05, 4.69) is 300 Å². The van der Waals surface area contributed by atoms with Crippen molar-refractivity contribution in [2.75, 3.05) is 0 Å². The first-order chi connectivity index (χ1) is 36.7. The van der Waals surface area contributed by atoms with Gasteiger partial charge in [-0.1, -0.05) is 237 Å². The van der Waals surface area contributed by atoms with Gasteiger partial charge in [0.05, 0.1) is 22.1 Å². The summed E-state index contributed by atoms with van der Waals surface area (Å²) in [5.74, 6) is 0. The van der Waals surface area contributed by atoms with Gasteiger partial charge in [0.1, 0.15) is 0 Å². The zero-order valence-corrected chi connectivity index (χ0v) is 40.6. The molecule has 0 bridgehead atoms. The SMILES string of the molecule is c1ccc(-c2cc(-c3ccccc3)cc(-n3c4ccc(-c5ccc6c(c5)c5c(-c7ccccc7)ccc(-c7ccccc7)c5n6-c5ccccc5)cc4c4c(-c5ccccc5)ccc(-c5ccccc5)c43)c2)cc1. The third-order valence-corrected chi connectivity index (χ3v) is 14.9. The maximum atomic E-state index is 2.54. The molecule has 0 saturated carbocycles. The molecular weight excluding hydrogens is 893 g/mol. The van der Waals surface area contributed by atoms with Crippen molar-refractivity contribution in [1.29, 1.82) is 0 Å². The molecule has 2 aromatic heterocycles. The fraction of sp³-hybridized carbons (Fsp3) is 0. The van der Waals surface area contributed by atoms with Gasteiger partial charge in [0.15, 0.2) is 0 Å². The smallest absolute Gasteiger partial charge is 0.0625 e. The molecule has 0 unspecified atom stereocenters. The number of aromatic nitrogens is 2. The summed E-state index contributed by atoms with van der Waals surface area (Å²) in [5.41, 5.74) is 23.5. The number of benzene rings is 12. The van der Waals surface area contributed by atoms with Gasteiger partial charge < -0.3 is 9.13 Å². The highest BCUT2D eigenvalue weighted by molar-refractivity contribution is 6.22. The summed E-state index contributed by atoms with van der Waals surface area (Å²) in [6.07, 6.45) is 0. The molecule has 0 N–H and O–H groups in total. The van der Waals surface area contributed by atoms with Gasteiger partial charge in [-0.2, -0.15) is 0 Å². The lowest BCUT2D eigenvalue weighted by Crippen LogP contribution is -1.98.